The molecular formula is C22H32O4. The fraction of sp³-hybridized carbons (Fsp3) is 0.409. The molecule has 0 saturated carbocycles. The third-order valence-electron chi connectivity index (χ3n) is 3.31. The lowest BCUT2D eigenvalue weighted by Crippen LogP contribution is -2.05. The molecule has 2 atom stereocenters. The summed E-state index contributed by atoms with van der Waals surface area (Å²) < 4.78 is 0. The van der Waals surface area contributed by atoms with Crippen LogP contribution in [0.15, 0.2) is 72.9 Å². The Morgan fingerprint density at radius 1 is 0.808 bits per heavy atom. The van der Waals surface area contributed by atoms with Crippen LogP contribution in [0.25, 0.3) is 0 Å². The van der Waals surface area contributed by atoms with Gasteiger partial charge in [-0.05, 0) is 32.1 Å². The molecule has 0 aliphatic rings. The molecule has 0 fully saturated rings. The van der Waals surface area contributed by atoms with Crippen LogP contribution in [0.5, 0.6) is 0 Å². The lowest BCUT2D eigenvalue weighted by Gasteiger charge is -2.00. The number of carbonyl (C=O) groups is 1. The van der Waals surface area contributed by atoms with Gasteiger partial charge >= 0.3 is 5.97 Å². The summed E-state index contributed by atoms with van der Waals surface area (Å²) in [7, 11) is 0. The standard InChI is InChI=1S/C22H32O4/c1-2-3-12-15-20(23)16-13-10-8-6-4-5-7-9-11-14-17-21(24)18-19-22(25)26/h3-5,8-14,16-17,20-21,23-24H,2,6-7,15,18-19H2,1H3,(H,25,26)/t20-,21-/m1/s1. The third-order valence-corrected chi connectivity index (χ3v) is 3.31. The van der Waals surface area contributed by atoms with Crippen molar-refractivity contribution in [1.29, 1.82) is 0 Å². The Morgan fingerprint density at radius 2 is 1.38 bits per heavy atom. The third kappa shape index (κ3) is 18.2. The van der Waals surface area contributed by atoms with E-state index in [9.17, 15) is 15.0 Å². The number of allylic oxidation sites excluding steroid dienone is 9. The van der Waals surface area contributed by atoms with Gasteiger partial charge in [0.05, 0.1) is 12.2 Å². The van der Waals surface area contributed by atoms with Gasteiger partial charge in [0.15, 0.2) is 0 Å². The smallest absolute Gasteiger partial charge is 0.303 e. The first-order chi connectivity index (χ1) is 12.6. The van der Waals surface area contributed by atoms with Crippen molar-refractivity contribution >= 4 is 5.97 Å². The molecule has 26 heavy (non-hydrogen) atoms. The number of carboxylic acid groups (broad SMARTS) is 1. The van der Waals surface area contributed by atoms with Crippen LogP contribution in [0.2, 0.25) is 0 Å². The predicted molar refractivity (Wildman–Crippen MR) is 108 cm³/mol. The number of hydrogen-bond donors (Lipinski definition) is 3. The first-order valence-corrected chi connectivity index (χ1v) is 9.10. The topological polar surface area (TPSA) is 77.8 Å². The molecule has 0 aromatic heterocycles. The van der Waals surface area contributed by atoms with Gasteiger partial charge in [-0.1, -0.05) is 79.8 Å². The van der Waals surface area contributed by atoms with Crippen molar-refractivity contribution in [2.75, 3.05) is 0 Å². The Kier molecular flexibility index (Phi) is 16.2. The minimum Gasteiger partial charge on any atom is -0.481 e. The summed E-state index contributed by atoms with van der Waals surface area (Å²) >= 11 is 0. The highest BCUT2D eigenvalue weighted by Crippen LogP contribution is 2.00. The lowest BCUT2D eigenvalue weighted by molar-refractivity contribution is -0.137. The van der Waals surface area contributed by atoms with Gasteiger partial charge < -0.3 is 15.3 Å². The van der Waals surface area contributed by atoms with Crippen LogP contribution >= 0.6 is 0 Å². The zero-order valence-corrected chi connectivity index (χ0v) is 15.6. The van der Waals surface area contributed by atoms with Crippen molar-refractivity contribution < 1.29 is 20.1 Å². The molecule has 0 aromatic carbocycles. The number of aliphatic carboxylic acids is 1. The van der Waals surface area contributed by atoms with Crippen LogP contribution in [-0.2, 0) is 4.79 Å². The summed E-state index contributed by atoms with van der Waals surface area (Å²) in [6, 6.07) is 0. The predicted octanol–water partition coefficient (Wildman–Crippen LogP) is 4.49. The Bertz CT molecular complexity index is 524. The highest BCUT2D eigenvalue weighted by atomic mass is 16.4. The highest BCUT2D eigenvalue weighted by Gasteiger charge is 2.02. The van der Waals surface area contributed by atoms with Crippen molar-refractivity contribution in [1.82, 2.24) is 0 Å². The number of carboxylic acids is 1. The quantitative estimate of drug-likeness (QED) is 0.315. The van der Waals surface area contributed by atoms with Crippen LogP contribution in [0.3, 0.4) is 0 Å². The molecule has 0 spiro atoms. The second-order valence-corrected chi connectivity index (χ2v) is 5.75. The van der Waals surface area contributed by atoms with Gasteiger partial charge in [-0.2, -0.15) is 0 Å². The van der Waals surface area contributed by atoms with Gasteiger partial charge in [-0.25, -0.2) is 0 Å². The van der Waals surface area contributed by atoms with Crippen LogP contribution in [0.1, 0.15) is 45.4 Å². The number of aliphatic hydroxyl groups excluding tert-OH is 2. The second-order valence-electron chi connectivity index (χ2n) is 5.75. The molecule has 4 heteroatoms. The van der Waals surface area contributed by atoms with Gasteiger partial charge in [0.25, 0.3) is 0 Å². The van der Waals surface area contributed by atoms with Crippen LogP contribution in [0.4, 0.5) is 0 Å². The SMILES string of the molecule is CCC=CC[C@@H](O)C=CC=CCC=CCC=CC=C[C@@H](O)CCC(=O)O. The molecule has 0 amide bonds. The maximum absolute atomic E-state index is 10.4. The summed E-state index contributed by atoms with van der Waals surface area (Å²) in [5.41, 5.74) is 0. The first kappa shape index (κ1) is 23.8. The van der Waals surface area contributed by atoms with Crippen LogP contribution in [0, 0.1) is 0 Å². The molecule has 144 valence electrons. The minimum absolute atomic E-state index is 0.0322. The van der Waals surface area contributed by atoms with Gasteiger partial charge in [0.2, 0.25) is 0 Å². The number of hydrogen-bond acceptors (Lipinski definition) is 3. The highest BCUT2D eigenvalue weighted by molar-refractivity contribution is 5.66. The zero-order valence-electron chi connectivity index (χ0n) is 15.6. The molecule has 0 aliphatic heterocycles. The van der Waals surface area contributed by atoms with E-state index >= 15 is 0 Å². The molecule has 0 radical (unpaired) electrons. The molecule has 0 rings (SSSR count). The van der Waals surface area contributed by atoms with E-state index in [1.807, 2.05) is 48.6 Å². The van der Waals surface area contributed by atoms with Crippen LogP contribution in [-0.4, -0.2) is 33.5 Å². The molecule has 0 unspecified atom stereocenters. The van der Waals surface area contributed by atoms with Crippen molar-refractivity contribution in [3.63, 3.8) is 0 Å². The first-order valence-electron chi connectivity index (χ1n) is 9.10. The molecule has 0 aromatic rings. The summed E-state index contributed by atoms with van der Waals surface area (Å²) in [6.45, 7) is 2.07. The van der Waals surface area contributed by atoms with Crippen LogP contribution < -0.4 is 0 Å². The zero-order chi connectivity index (χ0) is 19.5. The molecule has 4 nitrogen and oxygen atoms in total. The normalized spacial score (nSPS) is 15.5. The van der Waals surface area contributed by atoms with E-state index in [0.717, 1.165) is 19.3 Å². The van der Waals surface area contributed by atoms with E-state index in [1.165, 1.54) is 0 Å². The Balaban J connectivity index is 3.80. The molecule has 3 N–H and O–H groups in total. The van der Waals surface area contributed by atoms with Gasteiger partial charge in [0.1, 0.15) is 0 Å². The molecule has 0 bridgehead atoms. The average Bonchev–Trinajstić information content (AvgIpc) is 2.61. The van der Waals surface area contributed by atoms with E-state index in [0.29, 0.717) is 6.42 Å². The molecule has 0 saturated heterocycles. The van der Waals surface area contributed by atoms with Gasteiger partial charge in [-0.15, -0.1) is 0 Å². The Hall–Kier alpha value is -2.17. The van der Waals surface area contributed by atoms with E-state index in [4.69, 9.17) is 5.11 Å². The summed E-state index contributed by atoms with van der Waals surface area (Å²) in [5.74, 6) is -0.900. The number of rotatable bonds is 14. The molecule has 0 aliphatic carbocycles. The second kappa shape index (κ2) is 17.6. The minimum atomic E-state index is -0.900. The van der Waals surface area contributed by atoms with Crippen molar-refractivity contribution in [2.24, 2.45) is 0 Å². The molecule has 0 heterocycles. The van der Waals surface area contributed by atoms with E-state index in [-0.39, 0.29) is 12.8 Å². The summed E-state index contributed by atoms with van der Waals surface area (Å²) in [4.78, 5) is 10.4. The van der Waals surface area contributed by atoms with Gasteiger partial charge in [0, 0.05) is 6.42 Å². The fourth-order valence-corrected chi connectivity index (χ4v) is 1.90. The maximum Gasteiger partial charge on any atom is 0.303 e. The lowest BCUT2D eigenvalue weighted by atomic mass is 10.2. The average molecular weight is 360 g/mol. The maximum atomic E-state index is 10.4. The van der Waals surface area contributed by atoms with Crippen molar-refractivity contribution in [2.45, 2.75) is 57.7 Å². The molecular weight excluding hydrogens is 328 g/mol. The summed E-state index contributed by atoms with van der Waals surface area (Å²) in [5, 5.41) is 27.7. The van der Waals surface area contributed by atoms with E-state index in [2.05, 4.69) is 13.0 Å². The number of aliphatic hydroxyl groups is 2. The monoisotopic (exact) mass is 360 g/mol. The Labute approximate surface area is 157 Å². The largest absolute Gasteiger partial charge is 0.481 e. The van der Waals surface area contributed by atoms with Crippen molar-refractivity contribution in [3.8, 4) is 0 Å². The Morgan fingerprint density at radius 3 is 1.92 bits per heavy atom. The van der Waals surface area contributed by atoms with Gasteiger partial charge in [-0.3, -0.25) is 4.79 Å². The summed E-state index contributed by atoms with van der Waals surface area (Å²) in [6.07, 6.45) is 25.1. The fourth-order valence-electron chi connectivity index (χ4n) is 1.90. The van der Waals surface area contributed by atoms with E-state index < -0.39 is 18.2 Å². The van der Waals surface area contributed by atoms with Crippen molar-refractivity contribution in [3.05, 3.63) is 72.9 Å². The van der Waals surface area contributed by atoms with E-state index in [1.54, 1.807) is 18.2 Å².